The number of pyridine rings is 1. The third kappa shape index (κ3) is 2.32. The number of hydrogen-bond acceptors (Lipinski definition) is 6. The lowest BCUT2D eigenvalue weighted by molar-refractivity contribution is 0.399. The molecule has 0 saturated heterocycles. The van der Waals surface area contributed by atoms with Crippen molar-refractivity contribution in [1.29, 1.82) is 0 Å². The van der Waals surface area contributed by atoms with Crippen molar-refractivity contribution in [3.05, 3.63) is 24.4 Å². The third-order valence-electron chi connectivity index (χ3n) is 2.43. The van der Waals surface area contributed by atoms with Crippen LogP contribution < -0.4 is 15.4 Å². The van der Waals surface area contributed by atoms with Crippen molar-refractivity contribution >= 4 is 11.8 Å². The van der Waals surface area contributed by atoms with Gasteiger partial charge in [0.15, 0.2) is 0 Å². The van der Waals surface area contributed by atoms with Crippen molar-refractivity contribution in [2.24, 2.45) is 0 Å². The predicted octanol–water partition coefficient (Wildman–Crippen LogP) is 1.20. The van der Waals surface area contributed by atoms with Gasteiger partial charge in [-0.05, 0) is 12.1 Å². The molecule has 2 N–H and O–H groups in total. The van der Waals surface area contributed by atoms with Gasteiger partial charge in [-0.3, -0.25) is 0 Å². The van der Waals surface area contributed by atoms with Crippen LogP contribution in [-0.2, 0) is 0 Å². The molecule has 0 aromatic carbocycles. The maximum Gasteiger partial charge on any atom is 0.222 e. The average molecular weight is 245 g/mol. The fourth-order valence-corrected chi connectivity index (χ4v) is 1.57. The monoisotopic (exact) mass is 245 g/mol. The molecule has 94 valence electrons. The smallest absolute Gasteiger partial charge is 0.222 e. The lowest BCUT2D eigenvalue weighted by Gasteiger charge is -2.13. The minimum atomic E-state index is 0.224. The van der Waals surface area contributed by atoms with E-state index in [0.717, 1.165) is 11.4 Å². The Labute approximate surface area is 105 Å². The van der Waals surface area contributed by atoms with Gasteiger partial charge in [0.1, 0.15) is 5.82 Å². The Morgan fingerprint density at radius 2 is 2.06 bits per heavy atom. The molecule has 0 aliphatic heterocycles. The molecule has 2 rings (SSSR count). The highest BCUT2D eigenvalue weighted by atomic mass is 16.5. The highest BCUT2D eigenvalue weighted by Crippen LogP contribution is 2.28. The first-order chi connectivity index (χ1) is 8.61. The number of aromatic nitrogens is 3. The predicted molar refractivity (Wildman–Crippen MR) is 70.6 cm³/mol. The normalized spacial score (nSPS) is 10.2. The van der Waals surface area contributed by atoms with Crippen LogP contribution in [-0.4, -0.2) is 36.2 Å². The SMILES string of the molecule is COc1ncccc1-c1cc(N(C)C)nc(N)n1. The van der Waals surface area contributed by atoms with Gasteiger partial charge in [-0.25, -0.2) is 9.97 Å². The topological polar surface area (TPSA) is 77.2 Å². The summed E-state index contributed by atoms with van der Waals surface area (Å²) in [5.41, 5.74) is 7.20. The molecule has 0 fully saturated rings. The van der Waals surface area contributed by atoms with E-state index < -0.39 is 0 Å². The van der Waals surface area contributed by atoms with Crippen molar-refractivity contribution in [1.82, 2.24) is 15.0 Å². The van der Waals surface area contributed by atoms with E-state index in [-0.39, 0.29) is 5.95 Å². The standard InChI is InChI=1S/C12H15N5O/c1-17(2)10-7-9(15-12(13)16-10)8-5-4-6-14-11(8)18-3/h4-7H,1-3H3,(H2,13,15,16). The molecule has 6 nitrogen and oxygen atoms in total. The fourth-order valence-electron chi connectivity index (χ4n) is 1.57. The maximum atomic E-state index is 5.72. The molecule has 0 radical (unpaired) electrons. The summed E-state index contributed by atoms with van der Waals surface area (Å²) in [5.74, 6) is 1.48. The molecule has 0 aliphatic carbocycles. The zero-order valence-electron chi connectivity index (χ0n) is 10.6. The van der Waals surface area contributed by atoms with Gasteiger partial charge in [-0.1, -0.05) is 0 Å². The Bertz CT molecular complexity index is 556. The quantitative estimate of drug-likeness (QED) is 0.875. The van der Waals surface area contributed by atoms with E-state index in [4.69, 9.17) is 10.5 Å². The van der Waals surface area contributed by atoms with Crippen LogP contribution in [0.2, 0.25) is 0 Å². The van der Waals surface area contributed by atoms with Gasteiger partial charge in [0.05, 0.1) is 18.4 Å². The highest BCUT2D eigenvalue weighted by molar-refractivity contribution is 5.68. The van der Waals surface area contributed by atoms with Crippen LogP contribution in [0.15, 0.2) is 24.4 Å². The highest BCUT2D eigenvalue weighted by Gasteiger charge is 2.11. The van der Waals surface area contributed by atoms with Crippen LogP contribution in [0, 0.1) is 0 Å². The van der Waals surface area contributed by atoms with Crippen LogP contribution in [0.5, 0.6) is 5.88 Å². The average Bonchev–Trinajstić information content (AvgIpc) is 2.38. The Kier molecular flexibility index (Phi) is 3.27. The number of hydrogen-bond donors (Lipinski definition) is 1. The van der Waals surface area contributed by atoms with Gasteiger partial charge in [-0.2, -0.15) is 4.98 Å². The molecular formula is C12H15N5O. The summed E-state index contributed by atoms with van der Waals surface area (Å²) in [7, 11) is 5.36. The van der Waals surface area contributed by atoms with Crippen LogP contribution in [0.1, 0.15) is 0 Å². The summed E-state index contributed by atoms with van der Waals surface area (Å²) in [6.07, 6.45) is 1.67. The van der Waals surface area contributed by atoms with Gasteiger partial charge in [0.2, 0.25) is 11.8 Å². The zero-order chi connectivity index (χ0) is 13.1. The van der Waals surface area contributed by atoms with Crippen LogP contribution in [0.3, 0.4) is 0 Å². The van der Waals surface area contributed by atoms with Gasteiger partial charge in [-0.15, -0.1) is 0 Å². The molecule has 0 aliphatic rings. The summed E-state index contributed by atoms with van der Waals surface area (Å²) in [6.45, 7) is 0. The van der Waals surface area contributed by atoms with E-state index in [1.54, 1.807) is 13.3 Å². The molecule has 0 amide bonds. The largest absolute Gasteiger partial charge is 0.481 e. The molecule has 6 heteroatoms. The minimum Gasteiger partial charge on any atom is -0.481 e. The molecule has 2 aromatic rings. The summed E-state index contributed by atoms with van der Waals surface area (Å²) >= 11 is 0. The van der Waals surface area contributed by atoms with Gasteiger partial charge >= 0.3 is 0 Å². The lowest BCUT2D eigenvalue weighted by atomic mass is 10.2. The van der Waals surface area contributed by atoms with Crippen molar-refractivity contribution in [3.63, 3.8) is 0 Å². The number of nitrogen functional groups attached to an aromatic ring is 1. The Morgan fingerprint density at radius 3 is 2.72 bits per heavy atom. The molecule has 0 unspecified atom stereocenters. The number of methoxy groups -OCH3 is 1. The summed E-state index contributed by atoms with van der Waals surface area (Å²) in [4.78, 5) is 14.4. The third-order valence-corrected chi connectivity index (χ3v) is 2.43. The molecule has 0 bridgehead atoms. The van der Waals surface area contributed by atoms with E-state index in [1.165, 1.54) is 0 Å². The maximum absolute atomic E-state index is 5.72. The Morgan fingerprint density at radius 1 is 1.28 bits per heavy atom. The fraction of sp³-hybridized carbons (Fsp3) is 0.250. The summed E-state index contributed by atoms with van der Waals surface area (Å²) < 4.78 is 5.21. The lowest BCUT2D eigenvalue weighted by Crippen LogP contribution is -2.12. The van der Waals surface area contributed by atoms with Crippen molar-refractivity contribution in [2.45, 2.75) is 0 Å². The second-order valence-electron chi connectivity index (χ2n) is 3.92. The second kappa shape index (κ2) is 4.87. The molecule has 2 heterocycles. The Balaban J connectivity index is 2.56. The van der Waals surface area contributed by atoms with Crippen molar-refractivity contribution in [2.75, 3.05) is 31.8 Å². The second-order valence-corrected chi connectivity index (χ2v) is 3.92. The van der Waals surface area contributed by atoms with Crippen LogP contribution >= 0.6 is 0 Å². The molecule has 18 heavy (non-hydrogen) atoms. The van der Waals surface area contributed by atoms with Crippen LogP contribution in [0.4, 0.5) is 11.8 Å². The number of ether oxygens (including phenoxy) is 1. The van der Waals surface area contributed by atoms with Crippen LogP contribution in [0.25, 0.3) is 11.3 Å². The zero-order valence-corrected chi connectivity index (χ0v) is 10.6. The molecule has 0 saturated carbocycles. The van der Waals surface area contributed by atoms with E-state index >= 15 is 0 Å². The number of rotatable bonds is 3. The molecular weight excluding hydrogens is 230 g/mol. The van der Waals surface area contributed by atoms with E-state index in [1.807, 2.05) is 37.2 Å². The minimum absolute atomic E-state index is 0.224. The van der Waals surface area contributed by atoms with Gasteiger partial charge in [0.25, 0.3) is 0 Å². The molecule has 2 aromatic heterocycles. The van der Waals surface area contributed by atoms with Crippen molar-refractivity contribution in [3.8, 4) is 17.1 Å². The summed E-state index contributed by atoms with van der Waals surface area (Å²) in [6, 6.07) is 5.55. The number of nitrogens with zero attached hydrogens (tertiary/aromatic N) is 4. The number of nitrogens with two attached hydrogens (primary N) is 1. The summed E-state index contributed by atoms with van der Waals surface area (Å²) in [5, 5.41) is 0. The van der Waals surface area contributed by atoms with E-state index in [9.17, 15) is 0 Å². The first-order valence-corrected chi connectivity index (χ1v) is 5.43. The number of anilines is 2. The van der Waals surface area contributed by atoms with Gasteiger partial charge < -0.3 is 15.4 Å². The molecule has 0 atom stereocenters. The van der Waals surface area contributed by atoms with E-state index in [0.29, 0.717) is 11.6 Å². The van der Waals surface area contributed by atoms with Crippen molar-refractivity contribution < 1.29 is 4.74 Å². The van der Waals surface area contributed by atoms with E-state index in [2.05, 4.69) is 15.0 Å². The first-order valence-electron chi connectivity index (χ1n) is 5.43. The van der Waals surface area contributed by atoms with Gasteiger partial charge in [0, 0.05) is 26.4 Å². The molecule has 0 spiro atoms. The Hall–Kier alpha value is -2.37. The first kappa shape index (κ1) is 12.1.